The average molecular weight is 394 g/mol. The van der Waals surface area contributed by atoms with Crippen molar-refractivity contribution in [2.75, 3.05) is 15.9 Å². The van der Waals surface area contributed by atoms with Gasteiger partial charge in [0.1, 0.15) is 5.88 Å². The summed E-state index contributed by atoms with van der Waals surface area (Å²) in [7, 11) is -3.84. The van der Waals surface area contributed by atoms with Gasteiger partial charge in [-0.15, -0.1) is 11.6 Å². The van der Waals surface area contributed by atoms with Crippen LogP contribution in [0.15, 0.2) is 47.4 Å². The number of amides is 1. The summed E-state index contributed by atoms with van der Waals surface area (Å²) in [5, 5.41) is 2.87. The minimum atomic E-state index is -3.84. The Morgan fingerprint density at radius 2 is 1.70 bits per heavy atom. The van der Waals surface area contributed by atoms with Gasteiger partial charge in [0.2, 0.25) is 5.91 Å². The van der Waals surface area contributed by atoms with Gasteiger partial charge in [-0.3, -0.25) is 9.52 Å². The van der Waals surface area contributed by atoms with E-state index in [4.69, 9.17) is 34.8 Å². The molecule has 5 nitrogen and oxygen atoms in total. The number of hydrogen-bond donors (Lipinski definition) is 2. The van der Waals surface area contributed by atoms with Gasteiger partial charge in [0.05, 0.1) is 20.6 Å². The summed E-state index contributed by atoms with van der Waals surface area (Å²) in [5.74, 6) is -0.569. The third kappa shape index (κ3) is 4.51. The van der Waals surface area contributed by atoms with Crippen molar-refractivity contribution in [3.05, 3.63) is 52.5 Å². The molecule has 0 radical (unpaired) electrons. The van der Waals surface area contributed by atoms with Gasteiger partial charge < -0.3 is 5.32 Å². The Labute approximate surface area is 148 Å². The molecule has 0 aliphatic carbocycles. The van der Waals surface area contributed by atoms with Gasteiger partial charge >= 0.3 is 0 Å². The lowest BCUT2D eigenvalue weighted by molar-refractivity contribution is -0.113. The zero-order chi connectivity index (χ0) is 17.0. The second-order valence-electron chi connectivity index (χ2n) is 4.41. The first-order valence-electron chi connectivity index (χ1n) is 6.26. The van der Waals surface area contributed by atoms with Crippen molar-refractivity contribution in [2.45, 2.75) is 4.90 Å². The van der Waals surface area contributed by atoms with E-state index in [-0.39, 0.29) is 32.4 Å². The molecule has 0 aliphatic heterocycles. The number of alkyl halides is 1. The van der Waals surface area contributed by atoms with Crippen LogP contribution >= 0.6 is 34.8 Å². The molecule has 0 atom stereocenters. The molecule has 0 aromatic heterocycles. The monoisotopic (exact) mass is 392 g/mol. The number of halogens is 3. The number of carbonyl (C=O) groups excluding carboxylic acids is 1. The van der Waals surface area contributed by atoms with Crippen LogP contribution in [0.3, 0.4) is 0 Å². The van der Waals surface area contributed by atoms with Gasteiger partial charge in [-0.05, 0) is 36.4 Å². The highest BCUT2D eigenvalue weighted by Gasteiger charge is 2.16. The fourth-order valence-electron chi connectivity index (χ4n) is 1.70. The third-order valence-corrected chi connectivity index (χ3v) is 5.21. The summed E-state index contributed by atoms with van der Waals surface area (Å²) in [6, 6.07) is 10.3. The third-order valence-electron chi connectivity index (χ3n) is 2.77. The van der Waals surface area contributed by atoms with Gasteiger partial charge in [-0.2, -0.15) is 0 Å². The number of hydrogen-bond acceptors (Lipinski definition) is 3. The molecule has 1 amide bonds. The van der Waals surface area contributed by atoms with Crippen molar-refractivity contribution >= 4 is 62.1 Å². The molecular weight excluding hydrogens is 383 g/mol. The van der Waals surface area contributed by atoms with Crippen LogP contribution in [0, 0.1) is 0 Å². The van der Waals surface area contributed by atoms with Crippen molar-refractivity contribution in [3.63, 3.8) is 0 Å². The molecular formula is C14H11Cl3N2O3S. The number of carbonyl (C=O) groups is 1. The zero-order valence-corrected chi connectivity index (χ0v) is 14.6. The Bertz CT molecular complexity index is 824. The van der Waals surface area contributed by atoms with E-state index >= 15 is 0 Å². The molecule has 0 aliphatic rings. The highest BCUT2D eigenvalue weighted by molar-refractivity contribution is 7.92. The van der Waals surface area contributed by atoms with E-state index in [0.29, 0.717) is 5.69 Å². The first kappa shape index (κ1) is 17.9. The minimum Gasteiger partial charge on any atom is -0.325 e. The van der Waals surface area contributed by atoms with Crippen LogP contribution in [0.5, 0.6) is 0 Å². The Kier molecular flexibility index (Phi) is 5.75. The van der Waals surface area contributed by atoms with E-state index in [1.165, 1.54) is 30.3 Å². The van der Waals surface area contributed by atoms with E-state index in [2.05, 4.69) is 10.0 Å². The first-order chi connectivity index (χ1) is 10.8. The lowest BCUT2D eigenvalue weighted by Gasteiger charge is -2.11. The maximum Gasteiger partial charge on any atom is 0.261 e. The highest BCUT2D eigenvalue weighted by Crippen LogP contribution is 2.31. The fraction of sp³-hybridized carbons (Fsp3) is 0.0714. The topological polar surface area (TPSA) is 75.3 Å². The predicted octanol–water partition coefficient (Wildman–Crippen LogP) is 3.97. The average Bonchev–Trinajstić information content (AvgIpc) is 2.52. The Hall–Kier alpha value is -1.47. The second kappa shape index (κ2) is 7.40. The van der Waals surface area contributed by atoms with Gasteiger partial charge in [0, 0.05) is 5.69 Å². The fourth-order valence-corrected chi connectivity index (χ4v) is 3.24. The molecule has 0 bridgehead atoms. The molecule has 2 aromatic rings. The summed E-state index contributed by atoms with van der Waals surface area (Å²) in [6.07, 6.45) is 0. The molecule has 23 heavy (non-hydrogen) atoms. The molecule has 122 valence electrons. The lowest BCUT2D eigenvalue weighted by atomic mass is 10.3. The van der Waals surface area contributed by atoms with E-state index in [1.807, 2.05) is 0 Å². The number of anilines is 2. The number of rotatable bonds is 5. The summed E-state index contributed by atoms with van der Waals surface area (Å²) in [5.41, 5.74) is 0.620. The Morgan fingerprint density at radius 1 is 1.04 bits per heavy atom. The van der Waals surface area contributed by atoms with E-state index < -0.39 is 10.0 Å². The van der Waals surface area contributed by atoms with Crippen LogP contribution in [0.4, 0.5) is 11.4 Å². The quantitative estimate of drug-likeness (QED) is 0.755. The molecule has 0 spiro atoms. The van der Waals surface area contributed by atoms with Gasteiger partial charge in [-0.25, -0.2) is 8.42 Å². The molecule has 0 unspecified atom stereocenters. The van der Waals surface area contributed by atoms with E-state index in [0.717, 1.165) is 0 Å². The van der Waals surface area contributed by atoms with Crippen molar-refractivity contribution in [3.8, 4) is 0 Å². The van der Waals surface area contributed by atoms with Crippen LogP contribution in [0.1, 0.15) is 0 Å². The van der Waals surface area contributed by atoms with Crippen molar-refractivity contribution < 1.29 is 13.2 Å². The summed E-state index contributed by atoms with van der Waals surface area (Å²) < 4.78 is 27.0. The maximum atomic E-state index is 12.3. The zero-order valence-electron chi connectivity index (χ0n) is 11.5. The molecule has 0 saturated heterocycles. The van der Waals surface area contributed by atoms with Crippen LogP contribution < -0.4 is 10.0 Å². The van der Waals surface area contributed by atoms with Gasteiger partial charge in [0.15, 0.2) is 0 Å². The smallest absolute Gasteiger partial charge is 0.261 e. The van der Waals surface area contributed by atoms with Gasteiger partial charge in [0.25, 0.3) is 10.0 Å². The van der Waals surface area contributed by atoms with Crippen molar-refractivity contribution in [1.82, 2.24) is 0 Å². The normalized spacial score (nSPS) is 11.1. The molecule has 9 heteroatoms. The summed E-state index contributed by atoms with van der Waals surface area (Å²) in [6.45, 7) is 0. The summed E-state index contributed by atoms with van der Waals surface area (Å²) in [4.78, 5) is 11.2. The first-order valence-corrected chi connectivity index (χ1v) is 9.03. The lowest BCUT2D eigenvalue weighted by Crippen LogP contribution is -2.14. The Balaban J connectivity index is 2.23. The van der Waals surface area contributed by atoms with E-state index in [9.17, 15) is 13.2 Å². The van der Waals surface area contributed by atoms with Gasteiger partial charge in [-0.1, -0.05) is 29.3 Å². The molecule has 0 fully saturated rings. The van der Waals surface area contributed by atoms with E-state index in [1.54, 1.807) is 12.1 Å². The number of sulfonamides is 1. The number of benzene rings is 2. The second-order valence-corrected chi connectivity index (χ2v) is 7.15. The largest absolute Gasteiger partial charge is 0.325 e. The molecule has 2 rings (SSSR count). The summed E-state index contributed by atoms with van der Waals surface area (Å²) >= 11 is 17.2. The Morgan fingerprint density at radius 3 is 2.30 bits per heavy atom. The SMILES string of the molecule is O=C(CCl)Nc1ccc(S(=O)(=O)Nc2cccc(Cl)c2Cl)cc1. The highest BCUT2D eigenvalue weighted by atomic mass is 35.5. The molecule has 2 aromatic carbocycles. The maximum absolute atomic E-state index is 12.3. The molecule has 0 heterocycles. The van der Waals surface area contributed by atoms with Crippen LogP contribution in [0.2, 0.25) is 10.0 Å². The van der Waals surface area contributed by atoms with Crippen molar-refractivity contribution in [1.29, 1.82) is 0 Å². The van der Waals surface area contributed by atoms with Crippen LogP contribution in [-0.2, 0) is 14.8 Å². The van der Waals surface area contributed by atoms with Crippen LogP contribution in [0.25, 0.3) is 0 Å². The minimum absolute atomic E-state index is 0.0115. The molecule has 2 N–H and O–H groups in total. The number of nitrogens with one attached hydrogen (secondary N) is 2. The van der Waals surface area contributed by atoms with Crippen molar-refractivity contribution in [2.24, 2.45) is 0 Å². The molecule has 0 saturated carbocycles. The van der Waals surface area contributed by atoms with Crippen LogP contribution in [-0.4, -0.2) is 20.2 Å². The predicted molar refractivity (Wildman–Crippen MR) is 93.1 cm³/mol. The standard InChI is InChI=1S/C14H11Cl3N2O3S/c15-8-13(20)18-9-4-6-10(7-5-9)23(21,22)19-12-3-1-2-11(16)14(12)17/h1-7,19H,8H2,(H,18,20).